The van der Waals surface area contributed by atoms with E-state index in [0.29, 0.717) is 6.04 Å². The Balaban J connectivity index is 1.72. The SMILES string of the molecule is C[C@@H]1CO[C@H](c2cccc(Cl)c2)CN1Cc1csnn1. The minimum Gasteiger partial charge on any atom is -0.371 e. The number of benzene rings is 1. The molecule has 1 saturated heterocycles. The second-order valence-corrected chi connectivity index (χ2v) is 6.10. The summed E-state index contributed by atoms with van der Waals surface area (Å²) in [5.41, 5.74) is 2.15. The van der Waals surface area contributed by atoms with Gasteiger partial charge in [-0.2, -0.15) is 0 Å². The maximum absolute atomic E-state index is 6.06. The van der Waals surface area contributed by atoms with E-state index in [9.17, 15) is 0 Å². The third-order valence-electron chi connectivity index (χ3n) is 3.55. The summed E-state index contributed by atoms with van der Waals surface area (Å²) in [6, 6.07) is 8.27. The van der Waals surface area contributed by atoms with E-state index >= 15 is 0 Å². The van der Waals surface area contributed by atoms with Gasteiger partial charge in [-0.3, -0.25) is 4.90 Å². The summed E-state index contributed by atoms with van der Waals surface area (Å²) in [5.74, 6) is 0. The quantitative estimate of drug-likeness (QED) is 0.873. The van der Waals surface area contributed by atoms with Crippen LogP contribution in [0.2, 0.25) is 5.02 Å². The van der Waals surface area contributed by atoms with Crippen LogP contribution in [-0.4, -0.2) is 33.7 Å². The van der Waals surface area contributed by atoms with Gasteiger partial charge in [0.1, 0.15) is 0 Å². The predicted octanol–water partition coefficient (Wildman–Crippen LogP) is 3.15. The van der Waals surface area contributed by atoms with Gasteiger partial charge in [0.25, 0.3) is 0 Å². The Morgan fingerprint density at radius 1 is 1.50 bits per heavy atom. The summed E-state index contributed by atoms with van der Waals surface area (Å²) >= 11 is 7.45. The van der Waals surface area contributed by atoms with Gasteiger partial charge < -0.3 is 4.74 Å². The smallest absolute Gasteiger partial charge is 0.0953 e. The van der Waals surface area contributed by atoms with Crippen molar-refractivity contribution in [1.82, 2.24) is 14.5 Å². The van der Waals surface area contributed by atoms with E-state index in [-0.39, 0.29) is 6.10 Å². The summed E-state index contributed by atoms with van der Waals surface area (Å²) in [7, 11) is 0. The standard InChI is InChI=1S/C14H16ClN3OS/c1-10-8-19-14(11-3-2-4-12(15)5-11)7-18(10)6-13-9-20-17-16-13/h2-5,9-10,14H,6-8H2,1H3/t10-,14+/m1/s1. The summed E-state index contributed by atoms with van der Waals surface area (Å²) in [6.07, 6.45) is 0.0662. The highest BCUT2D eigenvalue weighted by atomic mass is 35.5. The van der Waals surface area contributed by atoms with Gasteiger partial charge in [-0.1, -0.05) is 28.2 Å². The molecule has 2 atom stereocenters. The minimum absolute atomic E-state index is 0.0662. The normalized spacial score (nSPS) is 23.9. The van der Waals surface area contributed by atoms with Gasteiger partial charge >= 0.3 is 0 Å². The number of rotatable bonds is 3. The zero-order chi connectivity index (χ0) is 13.9. The number of ether oxygens (including phenoxy) is 1. The van der Waals surface area contributed by atoms with E-state index in [1.165, 1.54) is 11.5 Å². The molecule has 0 bridgehead atoms. The lowest BCUT2D eigenvalue weighted by Gasteiger charge is -2.37. The highest BCUT2D eigenvalue weighted by Gasteiger charge is 2.27. The molecular weight excluding hydrogens is 294 g/mol. The van der Waals surface area contributed by atoms with E-state index in [2.05, 4.69) is 27.5 Å². The molecule has 106 valence electrons. The minimum atomic E-state index is 0.0662. The molecule has 2 heterocycles. The highest BCUT2D eigenvalue weighted by Crippen LogP contribution is 2.27. The first-order chi connectivity index (χ1) is 9.72. The van der Waals surface area contributed by atoms with Crippen LogP contribution in [0.25, 0.3) is 0 Å². The zero-order valence-electron chi connectivity index (χ0n) is 11.2. The first kappa shape index (κ1) is 13.9. The molecule has 0 saturated carbocycles. The molecule has 0 unspecified atom stereocenters. The molecule has 3 rings (SSSR count). The molecule has 1 aromatic carbocycles. The van der Waals surface area contributed by atoms with E-state index in [1.54, 1.807) is 0 Å². The van der Waals surface area contributed by atoms with Crippen molar-refractivity contribution in [3.63, 3.8) is 0 Å². The van der Waals surface area contributed by atoms with Crippen LogP contribution < -0.4 is 0 Å². The van der Waals surface area contributed by atoms with Gasteiger partial charge in [-0.15, -0.1) is 5.10 Å². The van der Waals surface area contributed by atoms with Crippen molar-refractivity contribution >= 4 is 23.1 Å². The number of halogens is 1. The molecule has 1 aliphatic rings. The first-order valence-electron chi connectivity index (χ1n) is 6.59. The number of aromatic nitrogens is 2. The second kappa shape index (κ2) is 6.18. The largest absolute Gasteiger partial charge is 0.371 e. The van der Waals surface area contributed by atoms with Crippen LogP contribution in [0.4, 0.5) is 0 Å². The number of morpholine rings is 1. The molecule has 6 heteroatoms. The van der Waals surface area contributed by atoms with Gasteiger partial charge in [0.15, 0.2) is 0 Å². The fourth-order valence-electron chi connectivity index (χ4n) is 2.40. The van der Waals surface area contributed by atoms with Gasteiger partial charge in [0.2, 0.25) is 0 Å². The van der Waals surface area contributed by atoms with Gasteiger partial charge in [-0.05, 0) is 36.2 Å². The van der Waals surface area contributed by atoms with Crippen LogP contribution in [0.15, 0.2) is 29.6 Å². The van der Waals surface area contributed by atoms with Crippen LogP contribution in [0, 0.1) is 0 Å². The number of nitrogens with zero attached hydrogens (tertiary/aromatic N) is 3. The lowest BCUT2D eigenvalue weighted by atomic mass is 10.1. The summed E-state index contributed by atoms with van der Waals surface area (Å²) in [6.45, 7) is 4.56. The predicted molar refractivity (Wildman–Crippen MR) is 79.9 cm³/mol. The first-order valence-corrected chi connectivity index (χ1v) is 7.81. The van der Waals surface area contributed by atoms with Crippen molar-refractivity contribution in [2.45, 2.75) is 25.6 Å². The molecule has 1 aromatic heterocycles. The molecule has 20 heavy (non-hydrogen) atoms. The van der Waals surface area contributed by atoms with E-state index in [0.717, 1.165) is 36.0 Å². The van der Waals surface area contributed by atoms with Crippen molar-refractivity contribution in [2.24, 2.45) is 0 Å². The molecule has 4 nitrogen and oxygen atoms in total. The third kappa shape index (κ3) is 3.17. The fourth-order valence-corrected chi connectivity index (χ4v) is 3.04. The van der Waals surface area contributed by atoms with E-state index in [4.69, 9.17) is 16.3 Å². The number of hydrogen-bond donors (Lipinski definition) is 0. The summed E-state index contributed by atoms with van der Waals surface area (Å²) in [4.78, 5) is 2.38. The van der Waals surface area contributed by atoms with Gasteiger partial charge in [-0.25, -0.2) is 0 Å². The second-order valence-electron chi connectivity index (χ2n) is 5.05. The molecule has 0 N–H and O–H groups in total. The lowest BCUT2D eigenvalue weighted by molar-refractivity contribution is -0.0636. The van der Waals surface area contributed by atoms with E-state index < -0.39 is 0 Å². The summed E-state index contributed by atoms with van der Waals surface area (Å²) < 4.78 is 9.86. The van der Waals surface area contributed by atoms with Crippen molar-refractivity contribution in [3.8, 4) is 0 Å². The number of hydrogen-bond acceptors (Lipinski definition) is 5. The van der Waals surface area contributed by atoms with Crippen molar-refractivity contribution < 1.29 is 4.74 Å². The molecule has 1 fully saturated rings. The molecule has 2 aromatic rings. The average molecular weight is 310 g/mol. The zero-order valence-corrected chi connectivity index (χ0v) is 12.8. The van der Waals surface area contributed by atoms with Crippen LogP contribution in [0.5, 0.6) is 0 Å². The van der Waals surface area contributed by atoms with E-state index in [1.807, 2.05) is 23.6 Å². The Morgan fingerprint density at radius 2 is 2.40 bits per heavy atom. The third-order valence-corrected chi connectivity index (χ3v) is 4.34. The Morgan fingerprint density at radius 3 is 3.15 bits per heavy atom. The molecule has 0 amide bonds. The van der Waals surface area contributed by atoms with Crippen LogP contribution in [0.1, 0.15) is 24.3 Å². The van der Waals surface area contributed by atoms with Crippen molar-refractivity contribution in [3.05, 3.63) is 45.9 Å². The van der Waals surface area contributed by atoms with Crippen molar-refractivity contribution in [2.75, 3.05) is 13.2 Å². The Hall–Kier alpha value is -1.01. The molecule has 0 aliphatic carbocycles. The fraction of sp³-hybridized carbons (Fsp3) is 0.429. The maximum Gasteiger partial charge on any atom is 0.0953 e. The molecule has 1 aliphatic heterocycles. The Bertz CT molecular complexity index is 563. The maximum atomic E-state index is 6.06. The topological polar surface area (TPSA) is 38.2 Å². The average Bonchev–Trinajstić information content (AvgIpc) is 2.94. The molecule has 0 radical (unpaired) electrons. The highest BCUT2D eigenvalue weighted by molar-refractivity contribution is 7.03. The van der Waals surface area contributed by atoms with Crippen LogP contribution >= 0.6 is 23.1 Å². The monoisotopic (exact) mass is 309 g/mol. The summed E-state index contributed by atoms with van der Waals surface area (Å²) in [5, 5.41) is 6.87. The Labute approximate surface area is 127 Å². The molecule has 0 spiro atoms. The van der Waals surface area contributed by atoms with Crippen LogP contribution in [0.3, 0.4) is 0 Å². The van der Waals surface area contributed by atoms with Gasteiger partial charge in [0, 0.05) is 29.5 Å². The van der Waals surface area contributed by atoms with Crippen molar-refractivity contribution in [1.29, 1.82) is 0 Å². The molecular formula is C14H16ClN3OS. The van der Waals surface area contributed by atoms with Crippen LogP contribution in [-0.2, 0) is 11.3 Å². The Kier molecular flexibility index (Phi) is 4.31. The lowest BCUT2D eigenvalue weighted by Crippen LogP contribution is -2.44. The van der Waals surface area contributed by atoms with Gasteiger partial charge in [0.05, 0.1) is 18.4 Å².